The molecule has 0 fully saturated rings. The summed E-state index contributed by atoms with van der Waals surface area (Å²) in [7, 11) is 1.45. The van der Waals surface area contributed by atoms with Gasteiger partial charge in [-0.05, 0) is 52.9 Å². The van der Waals surface area contributed by atoms with Gasteiger partial charge < -0.3 is 4.90 Å². The number of hydrogen-bond donors (Lipinski definition) is 0. The number of amides is 1. The van der Waals surface area contributed by atoms with Crippen molar-refractivity contribution >= 4 is 34.2 Å². The third kappa shape index (κ3) is 3.55. The maximum absolute atomic E-state index is 13.1. The zero-order valence-electron chi connectivity index (χ0n) is 11.0. The van der Waals surface area contributed by atoms with Crippen molar-refractivity contribution in [3.8, 4) is 0 Å². The molecule has 21 heavy (non-hydrogen) atoms. The molecule has 0 unspecified atom stereocenters. The summed E-state index contributed by atoms with van der Waals surface area (Å²) in [5.74, 6) is -0.690. The van der Waals surface area contributed by atoms with Crippen LogP contribution in [0.2, 0.25) is 0 Å². The summed E-state index contributed by atoms with van der Waals surface area (Å²) < 4.78 is 39.7. The van der Waals surface area contributed by atoms with E-state index in [9.17, 15) is 18.0 Å². The van der Waals surface area contributed by atoms with Crippen LogP contribution >= 0.6 is 22.6 Å². The minimum Gasteiger partial charge on any atom is -0.311 e. The summed E-state index contributed by atoms with van der Waals surface area (Å²) in [5.41, 5.74) is -0.731. The highest BCUT2D eigenvalue weighted by Crippen LogP contribution is 2.34. The van der Waals surface area contributed by atoms with E-state index in [4.69, 9.17) is 0 Å². The van der Waals surface area contributed by atoms with Crippen molar-refractivity contribution in [3.63, 3.8) is 0 Å². The van der Waals surface area contributed by atoms with Gasteiger partial charge in [0.15, 0.2) is 0 Å². The third-order valence-corrected chi connectivity index (χ3v) is 3.64. The van der Waals surface area contributed by atoms with Gasteiger partial charge in [-0.3, -0.25) is 4.79 Å². The molecule has 0 spiro atoms. The second-order valence-corrected chi connectivity index (χ2v) is 5.63. The van der Waals surface area contributed by atoms with E-state index in [2.05, 4.69) is 0 Å². The molecule has 2 aromatic rings. The molecule has 0 aliphatic rings. The number of carbonyl (C=O) groups is 1. The number of carbonyl (C=O) groups excluding carboxylic acids is 1. The maximum atomic E-state index is 13.1. The van der Waals surface area contributed by atoms with Gasteiger partial charge in [0.2, 0.25) is 0 Å². The fourth-order valence-electron chi connectivity index (χ4n) is 1.89. The first-order valence-corrected chi connectivity index (χ1v) is 7.08. The van der Waals surface area contributed by atoms with Crippen LogP contribution in [0.3, 0.4) is 0 Å². The van der Waals surface area contributed by atoms with Gasteiger partial charge in [0.05, 0.1) is 11.1 Å². The van der Waals surface area contributed by atoms with Gasteiger partial charge in [-0.1, -0.05) is 18.2 Å². The number of hydrogen-bond acceptors (Lipinski definition) is 1. The number of alkyl halides is 3. The van der Waals surface area contributed by atoms with Crippen molar-refractivity contribution in [3.05, 3.63) is 63.2 Å². The minimum atomic E-state index is -4.57. The van der Waals surface area contributed by atoms with Gasteiger partial charge in [-0.2, -0.15) is 13.2 Å². The molecule has 0 N–H and O–H groups in total. The standard InChI is InChI=1S/C15H11F3INO/c1-20(11-5-3-2-4-6-11)14(21)12-8-7-10(19)9-13(12)15(16,17)18/h2-9H,1H3. The summed E-state index contributed by atoms with van der Waals surface area (Å²) in [4.78, 5) is 13.6. The highest BCUT2D eigenvalue weighted by Gasteiger charge is 2.36. The molecular weight excluding hydrogens is 394 g/mol. The molecule has 0 aliphatic heterocycles. The van der Waals surface area contributed by atoms with Crippen LogP contribution in [0.4, 0.5) is 18.9 Å². The van der Waals surface area contributed by atoms with E-state index >= 15 is 0 Å². The van der Waals surface area contributed by atoms with Crippen LogP contribution in [-0.2, 0) is 6.18 Å². The van der Waals surface area contributed by atoms with Crippen LogP contribution in [0.25, 0.3) is 0 Å². The molecular formula is C15H11F3INO. The molecule has 0 saturated heterocycles. The van der Waals surface area contributed by atoms with E-state index in [1.54, 1.807) is 52.9 Å². The minimum absolute atomic E-state index is 0.353. The molecule has 0 radical (unpaired) electrons. The first kappa shape index (κ1) is 15.8. The van der Waals surface area contributed by atoms with Crippen molar-refractivity contribution in [1.29, 1.82) is 0 Å². The van der Waals surface area contributed by atoms with Gasteiger partial charge in [0.1, 0.15) is 0 Å². The first-order chi connectivity index (χ1) is 9.80. The predicted molar refractivity (Wildman–Crippen MR) is 83.3 cm³/mol. The Morgan fingerprint density at radius 1 is 1.10 bits per heavy atom. The lowest BCUT2D eigenvalue weighted by molar-refractivity contribution is -0.138. The quantitative estimate of drug-likeness (QED) is 0.670. The van der Waals surface area contributed by atoms with E-state index < -0.39 is 17.6 Å². The Morgan fingerprint density at radius 2 is 1.71 bits per heavy atom. The summed E-state index contributed by atoms with van der Waals surface area (Å²) >= 11 is 1.79. The van der Waals surface area contributed by atoms with Crippen molar-refractivity contribution in [2.75, 3.05) is 11.9 Å². The predicted octanol–water partition coefficient (Wildman–Crippen LogP) is 4.59. The molecule has 2 aromatic carbocycles. The Kier molecular flexibility index (Phi) is 4.55. The molecule has 0 atom stereocenters. The number of halogens is 4. The second-order valence-electron chi connectivity index (χ2n) is 4.39. The third-order valence-electron chi connectivity index (χ3n) is 2.97. The molecule has 0 heterocycles. The normalized spacial score (nSPS) is 11.3. The number of nitrogens with zero attached hydrogens (tertiary/aromatic N) is 1. The van der Waals surface area contributed by atoms with Crippen molar-refractivity contribution in [1.82, 2.24) is 0 Å². The fourth-order valence-corrected chi connectivity index (χ4v) is 2.38. The monoisotopic (exact) mass is 405 g/mol. The number of benzene rings is 2. The SMILES string of the molecule is CN(C(=O)c1ccc(I)cc1C(F)(F)F)c1ccccc1. The van der Waals surface area contributed by atoms with Crippen molar-refractivity contribution in [2.24, 2.45) is 0 Å². The van der Waals surface area contributed by atoms with Gasteiger partial charge in [-0.25, -0.2) is 0 Å². The molecule has 0 saturated carbocycles. The zero-order valence-corrected chi connectivity index (χ0v) is 13.1. The van der Waals surface area contributed by atoms with Crippen molar-refractivity contribution < 1.29 is 18.0 Å². The van der Waals surface area contributed by atoms with E-state index in [1.807, 2.05) is 0 Å². The molecule has 0 bridgehead atoms. The molecule has 2 rings (SSSR count). The Bertz CT molecular complexity index is 656. The van der Waals surface area contributed by atoms with Crippen LogP contribution in [-0.4, -0.2) is 13.0 Å². The maximum Gasteiger partial charge on any atom is 0.417 e. The van der Waals surface area contributed by atoms with E-state index in [-0.39, 0.29) is 5.56 Å². The largest absolute Gasteiger partial charge is 0.417 e. The number of rotatable bonds is 2. The molecule has 6 heteroatoms. The fraction of sp³-hybridized carbons (Fsp3) is 0.133. The average molecular weight is 405 g/mol. The Hall–Kier alpha value is -1.57. The smallest absolute Gasteiger partial charge is 0.311 e. The topological polar surface area (TPSA) is 20.3 Å². The highest BCUT2D eigenvalue weighted by molar-refractivity contribution is 14.1. The van der Waals surface area contributed by atoms with E-state index in [0.717, 1.165) is 6.07 Å². The lowest BCUT2D eigenvalue weighted by Gasteiger charge is -2.20. The van der Waals surface area contributed by atoms with Gasteiger partial charge in [-0.15, -0.1) is 0 Å². The van der Waals surface area contributed by atoms with Gasteiger partial charge >= 0.3 is 6.18 Å². The van der Waals surface area contributed by atoms with Crippen LogP contribution in [0, 0.1) is 3.57 Å². The zero-order chi connectivity index (χ0) is 15.6. The van der Waals surface area contributed by atoms with Crippen LogP contribution in [0.5, 0.6) is 0 Å². The van der Waals surface area contributed by atoms with Gasteiger partial charge in [0, 0.05) is 16.3 Å². The lowest BCUT2D eigenvalue weighted by atomic mass is 10.1. The summed E-state index contributed by atoms with van der Waals surface area (Å²) in [5, 5.41) is 0. The van der Waals surface area contributed by atoms with Crippen LogP contribution < -0.4 is 4.90 Å². The Morgan fingerprint density at radius 3 is 2.29 bits per heavy atom. The Balaban J connectivity index is 2.45. The van der Waals surface area contributed by atoms with Crippen LogP contribution in [0.15, 0.2) is 48.5 Å². The molecule has 0 aromatic heterocycles. The number of anilines is 1. The Labute approximate surface area is 133 Å². The summed E-state index contributed by atoms with van der Waals surface area (Å²) in [6, 6.07) is 12.2. The number of para-hydroxylation sites is 1. The lowest BCUT2D eigenvalue weighted by Crippen LogP contribution is -2.28. The summed E-state index contributed by atoms with van der Waals surface area (Å²) in [6.07, 6.45) is -4.57. The molecule has 0 aliphatic carbocycles. The first-order valence-electron chi connectivity index (χ1n) is 6.00. The van der Waals surface area contributed by atoms with Crippen molar-refractivity contribution in [2.45, 2.75) is 6.18 Å². The second kappa shape index (κ2) is 6.05. The highest BCUT2D eigenvalue weighted by atomic mass is 127. The molecule has 2 nitrogen and oxygen atoms in total. The molecule has 1 amide bonds. The average Bonchev–Trinajstić information content (AvgIpc) is 2.45. The van der Waals surface area contributed by atoms with Gasteiger partial charge in [0.25, 0.3) is 5.91 Å². The van der Waals surface area contributed by atoms with Crippen LogP contribution in [0.1, 0.15) is 15.9 Å². The summed E-state index contributed by atoms with van der Waals surface area (Å²) in [6.45, 7) is 0. The van der Waals surface area contributed by atoms with E-state index in [1.165, 1.54) is 24.1 Å². The van der Waals surface area contributed by atoms with E-state index in [0.29, 0.717) is 9.26 Å². The molecule has 110 valence electrons.